The zero-order valence-electron chi connectivity index (χ0n) is 19.8. The van der Waals surface area contributed by atoms with Gasteiger partial charge in [-0.05, 0) is 42.2 Å². The van der Waals surface area contributed by atoms with Gasteiger partial charge in [0, 0.05) is 22.2 Å². The highest BCUT2D eigenvalue weighted by atomic mass is 35.5. The molecule has 0 unspecified atom stereocenters. The van der Waals surface area contributed by atoms with Crippen molar-refractivity contribution in [2.24, 2.45) is 0 Å². The molecule has 6 rings (SSSR count). The van der Waals surface area contributed by atoms with E-state index in [0.717, 1.165) is 19.3 Å². The fourth-order valence-corrected chi connectivity index (χ4v) is 7.17. The van der Waals surface area contributed by atoms with Crippen LogP contribution in [0.25, 0.3) is 0 Å². The summed E-state index contributed by atoms with van der Waals surface area (Å²) in [7, 11) is 0. The minimum atomic E-state index is -1.26. The highest BCUT2D eigenvalue weighted by Crippen LogP contribution is 2.62. The van der Waals surface area contributed by atoms with E-state index in [0.29, 0.717) is 34.9 Å². The fraction of sp³-hybridized carbons (Fsp3) is 0.385. The second-order valence-corrected chi connectivity index (χ2v) is 10.8. The number of halogens is 3. The lowest BCUT2D eigenvalue weighted by atomic mass is 9.55. The monoisotopic (exact) mass is 542 g/mol. The van der Waals surface area contributed by atoms with E-state index >= 15 is 4.39 Å². The number of aromatic amines is 1. The first kappa shape index (κ1) is 24.3. The summed E-state index contributed by atoms with van der Waals surface area (Å²) < 4.78 is 15.8. The summed E-state index contributed by atoms with van der Waals surface area (Å²) in [5.41, 5.74) is -0.513. The molecule has 8 nitrogen and oxygen atoms in total. The van der Waals surface area contributed by atoms with Gasteiger partial charge in [0.1, 0.15) is 23.4 Å². The van der Waals surface area contributed by atoms with Crippen molar-refractivity contribution in [2.45, 2.75) is 61.6 Å². The van der Waals surface area contributed by atoms with Crippen LogP contribution in [-0.4, -0.2) is 38.6 Å². The van der Waals surface area contributed by atoms with Gasteiger partial charge < -0.3 is 10.6 Å². The molecule has 2 aliphatic heterocycles. The van der Waals surface area contributed by atoms with Crippen molar-refractivity contribution in [1.82, 2.24) is 25.8 Å². The number of nitrogens with one attached hydrogen (secondary N) is 4. The molecule has 192 valence electrons. The number of carbonyl (C=O) groups excluding carboxylic acids is 2. The second kappa shape index (κ2) is 9.08. The molecule has 2 aromatic carbocycles. The molecule has 1 saturated heterocycles. The summed E-state index contributed by atoms with van der Waals surface area (Å²) in [6.45, 7) is 0.111. The Morgan fingerprint density at radius 1 is 1.16 bits per heavy atom. The van der Waals surface area contributed by atoms with Crippen LogP contribution in [0.4, 0.5) is 10.1 Å². The van der Waals surface area contributed by atoms with Crippen molar-refractivity contribution in [2.75, 3.05) is 5.32 Å². The number of anilines is 1. The normalized spacial score (nSPS) is 25.9. The third kappa shape index (κ3) is 3.59. The Kier molecular flexibility index (Phi) is 5.97. The summed E-state index contributed by atoms with van der Waals surface area (Å²) >= 11 is 12.5. The molecular formula is C26H25Cl2FN6O2. The SMILES string of the molecule is O=C(NCc1ncn[nH]1)[C@@H]1NC2(CCCCC2)[C@@]2(C(=O)Nc3cc(Cl)ccc32)[C@H]1c1cccc(Cl)c1F. The average molecular weight is 543 g/mol. The number of rotatable bonds is 4. The molecule has 4 N–H and O–H groups in total. The van der Waals surface area contributed by atoms with E-state index in [4.69, 9.17) is 23.2 Å². The van der Waals surface area contributed by atoms with Crippen LogP contribution in [0.5, 0.6) is 0 Å². The van der Waals surface area contributed by atoms with Gasteiger partial charge in [-0.1, -0.05) is 60.7 Å². The second-order valence-electron chi connectivity index (χ2n) is 9.99. The quantitative estimate of drug-likeness (QED) is 0.394. The molecule has 3 aromatic rings. The van der Waals surface area contributed by atoms with Gasteiger partial charge in [-0.3, -0.25) is 20.0 Å². The summed E-state index contributed by atoms with van der Waals surface area (Å²) in [4.78, 5) is 32.1. The van der Waals surface area contributed by atoms with Crippen molar-refractivity contribution in [3.8, 4) is 0 Å². The van der Waals surface area contributed by atoms with Crippen LogP contribution in [0.3, 0.4) is 0 Å². The first-order valence-electron chi connectivity index (χ1n) is 12.3. The van der Waals surface area contributed by atoms with Crippen LogP contribution >= 0.6 is 23.2 Å². The molecule has 3 atom stereocenters. The van der Waals surface area contributed by atoms with E-state index in [1.54, 1.807) is 24.3 Å². The van der Waals surface area contributed by atoms with E-state index in [1.807, 2.05) is 6.07 Å². The minimum absolute atomic E-state index is 0.0622. The number of hydrogen-bond acceptors (Lipinski definition) is 5. The molecule has 2 fully saturated rings. The van der Waals surface area contributed by atoms with E-state index in [1.165, 1.54) is 12.4 Å². The van der Waals surface area contributed by atoms with Gasteiger partial charge in [0.25, 0.3) is 0 Å². The topological polar surface area (TPSA) is 112 Å². The predicted molar refractivity (Wildman–Crippen MR) is 137 cm³/mol. The maximum absolute atomic E-state index is 15.8. The number of amides is 2. The van der Waals surface area contributed by atoms with Gasteiger partial charge in [-0.2, -0.15) is 5.10 Å². The fourth-order valence-electron chi connectivity index (χ4n) is 6.81. The van der Waals surface area contributed by atoms with E-state index in [-0.39, 0.29) is 28.9 Å². The summed E-state index contributed by atoms with van der Waals surface area (Å²) in [5, 5.41) is 16.5. The van der Waals surface area contributed by atoms with Gasteiger partial charge in [0.15, 0.2) is 0 Å². The van der Waals surface area contributed by atoms with Crippen LogP contribution in [-0.2, 0) is 21.5 Å². The van der Waals surface area contributed by atoms with Gasteiger partial charge >= 0.3 is 0 Å². The molecule has 1 aliphatic carbocycles. The first-order chi connectivity index (χ1) is 17.9. The van der Waals surface area contributed by atoms with Crippen molar-refractivity contribution in [1.29, 1.82) is 0 Å². The molecule has 2 amide bonds. The van der Waals surface area contributed by atoms with Crippen LogP contribution in [0.1, 0.15) is 55.0 Å². The van der Waals surface area contributed by atoms with Gasteiger partial charge in [-0.25, -0.2) is 9.37 Å². The van der Waals surface area contributed by atoms with Crippen molar-refractivity contribution >= 4 is 40.7 Å². The lowest BCUT2D eigenvalue weighted by molar-refractivity contribution is -0.124. The zero-order valence-corrected chi connectivity index (χ0v) is 21.3. The molecule has 1 aromatic heterocycles. The van der Waals surface area contributed by atoms with Crippen molar-refractivity contribution in [3.63, 3.8) is 0 Å². The zero-order chi connectivity index (χ0) is 25.8. The third-order valence-electron chi connectivity index (χ3n) is 8.20. The number of carbonyl (C=O) groups is 2. The highest BCUT2D eigenvalue weighted by Gasteiger charge is 2.72. The number of hydrogen-bond donors (Lipinski definition) is 4. The minimum Gasteiger partial charge on any atom is -0.347 e. The predicted octanol–water partition coefficient (Wildman–Crippen LogP) is 4.22. The molecule has 3 aliphatic rings. The molecule has 2 spiro atoms. The lowest BCUT2D eigenvalue weighted by Crippen LogP contribution is -2.60. The number of benzene rings is 2. The van der Waals surface area contributed by atoms with Crippen molar-refractivity contribution < 1.29 is 14.0 Å². The molecule has 11 heteroatoms. The summed E-state index contributed by atoms with van der Waals surface area (Å²) in [6.07, 6.45) is 5.45. The van der Waals surface area contributed by atoms with Crippen LogP contribution in [0.15, 0.2) is 42.7 Å². The Bertz CT molecular complexity index is 1380. The molecule has 3 heterocycles. The third-order valence-corrected chi connectivity index (χ3v) is 8.73. The van der Waals surface area contributed by atoms with E-state index in [9.17, 15) is 9.59 Å². The Balaban J connectivity index is 1.56. The van der Waals surface area contributed by atoms with Crippen LogP contribution in [0, 0.1) is 5.82 Å². The molecular weight excluding hydrogens is 518 g/mol. The highest BCUT2D eigenvalue weighted by molar-refractivity contribution is 6.31. The van der Waals surface area contributed by atoms with Crippen LogP contribution in [0.2, 0.25) is 10.0 Å². The van der Waals surface area contributed by atoms with Crippen molar-refractivity contribution in [3.05, 3.63) is 75.5 Å². The van der Waals surface area contributed by atoms with Gasteiger partial charge in [0.2, 0.25) is 11.8 Å². The lowest BCUT2D eigenvalue weighted by Gasteiger charge is -2.47. The Morgan fingerprint density at radius 3 is 2.73 bits per heavy atom. The smallest absolute Gasteiger partial charge is 0.238 e. The number of aromatic nitrogens is 3. The first-order valence-corrected chi connectivity index (χ1v) is 13.1. The Hall–Kier alpha value is -3.01. The number of H-pyrrole nitrogens is 1. The largest absolute Gasteiger partial charge is 0.347 e. The standard InChI is InChI=1S/C26H25Cl2FN6O2/c27-14-7-8-16-18(11-14)33-24(37)26(16)20(15-5-4-6-17(28)21(15)29)22(34-25(26)9-2-1-3-10-25)23(36)30-12-19-31-13-32-35-19/h4-8,11,13,20,22,34H,1-3,9-10,12H2,(H,30,36)(H,33,37)(H,31,32,35)/t20-,22+,26+/m0/s1. The average Bonchev–Trinajstić information content (AvgIpc) is 3.58. The summed E-state index contributed by atoms with van der Waals surface area (Å²) in [6, 6.07) is 9.10. The van der Waals surface area contributed by atoms with Crippen LogP contribution < -0.4 is 16.0 Å². The van der Waals surface area contributed by atoms with Gasteiger partial charge in [0.05, 0.1) is 17.6 Å². The Labute approximate surface area is 222 Å². The maximum atomic E-state index is 15.8. The van der Waals surface area contributed by atoms with E-state index < -0.39 is 28.7 Å². The maximum Gasteiger partial charge on any atom is 0.238 e. The number of nitrogens with zero attached hydrogens (tertiary/aromatic N) is 2. The molecule has 0 bridgehead atoms. The summed E-state index contributed by atoms with van der Waals surface area (Å²) in [5.74, 6) is -1.66. The Morgan fingerprint density at radius 2 is 1.97 bits per heavy atom. The number of fused-ring (bicyclic) bond motifs is 3. The van der Waals surface area contributed by atoms with E-state index in [2.05, 4.69) is 31.1 Å². The molecule has 1 saturated carbocycles. The van der Waals surface area contributed by atoms with Gasteiger partial charge in [-0.15, -0.1) is 0 Å². The molecule has 0 radical (unpaired) electrons. The molecule has 37 heavy (non-hydrogen) atoms.